The van der Waals surface area contributed by atoms with E-state index in [0.29, 0.717) is 6.42 Å². The van der Waals surface area contributed by atoms with Crippen molar-refractivity contribution in [3.63, 3.8) is 0 Å². The van der Waals surface area contributed by atoms with Crippen LogP contribution in [0.5, 0.6) is 0 Å². The van der Waals surface area contributed by atoms with Crippen molar-refractivity contribution in [3.05, 3.63) is 0 Å². The van der Waals surface area contributed by atoms with Crippen LogP contribution in [0.15, 0.2) is 0 Å². The van der Waals surface area contributed by atoms with Crippen LogP contribution in [0, 0.1) is 5.41 Å². The second-order valence-electron chi connectivity index (χ2n) is 6.22. The van der Waals surface area contributed by atoms with Gasteiger partial charge in [0.05, 0.1) is 0 Å². The number of ether oxygens (including phenoxy) is 1. The summed E-state index contributed by atoms with van der Waals surface area (Å²) < 4.78 is 4.06. The number of alkyl halides is 2. The van der Waals surface area contributed by atoms with Crippen LogP contribution in [-0.2, 0) is 14.3 Å². The average molecular weight is 322 g/mol. The fourth-order valence-corrected chi connectivity index (χ4v) is 3.58. The van der Waals surface area contributed by atoms with Gasteiger partial charge in [0.1, 0.15) is 9.75 Å². The number of hydrogen-bond acceptors (Lipinski definition) is 3. The molecule has 1 saturated carbocycles. The van der Waals surface area contributed by atoms with Gasteiger partial charge in [0.15, 0.2) is 6.61 Å². The van der Waals surface area contributed by atoms with Gasteiger partial charge in [-0.05, 0) is 40.0 Å². The van der Waals surface area contributed by atoms with Crippen molar-refractivity contribution >= 4 is 35.1 Å². The molecule has 1 aliphatic heterocycles. The summed E-state index contributed by atoms with van der Waals surface area (Å²) in [7, 11) is 0. The van der Waals surface area contributed by atoms with Crippen LogP contribution in [0.3, 0.4) is 0 Å². The van der Waals surface area contributed by atoms with Crippen molar-refractivity contribution in [1.29, 1.82) is 0 Å². The second kappa shape index (κ2) is 5.38. The van der Waals surface area contributed by atoms with Crippen LogP contribution in [0.25, 0.3) is 0 Å². The van der Waals surface area contributed by atoms with Crippen molar-refractivity contribution < 1.29 is 14.3 Å². The zero-order valence-electron chi connectivity index (χ0n) is 12.1. The topological polar surface area (TPSA) is 46.6 Å². The molecule has 2 fully saturated rings. The van der Waals surface area contributed by atoms with Gasteiger partial charge in [-0.2, -0.15) is 0 Å². The van der Waals surface area contributed by atoms with Crippen molar-refractivity contribution in [3.8, 4) is 0 Å². The molecule has 2 aliphatic rings. The molecule has 0 aromatic heterocycles. The highest BCUT2D eigenvalue weighted by molar-refractivity contribution is 6.53. The third kappa shape index (κ3) is 2.77. The van der Waals surface area contributed by atoms with Crippen molar-refractivity contribution in [2.45, 2.75) is 62.9 Å². The molecule has 3 atom stereocenters. The predicted molar refractivity (Wildman–Crippen MR) is 77.7 cm³/mol. The van der Waals surface area contributed by atoms with E-state index in [1.165, 1.54) is 0 Å². The monoisotopic (exact) mass is 321 g/mol. The minimum absolute atomic E-state index is 0.142. The molecule has 0 radical (unpaired) electrons. The van der Waals surface area contributed by atoms with Gasteiger partial charge in [0, 0.05) is 18.5 Å². The fourth-order valence-electron chi connectivity index (χ4n) is 2.90. The maximum Gasteiger partial charge on any atom is 0.315 e. The van der Waals surface area contributed by atoms with Gasteiger partial charge in [-0.25, -0.2) is 0 Å². The van der Waals surface area contributed by atoms with Crippen LogP contribution in [0.2, 0.25) is 0 Å². The van der Waals surface area contributed by atoms with E-state index >= 15 is 0 Å². The highest BCUT2D eigenvalue weighted by Gasteiger charge is 2.69. The number of nitrogens with zero attached hydrogens (tertiary/aromatic N) is 1. The van der Waals surface area contributed by atoms with E-state index in [1.807, 2.05) is 18.7 Å². The molecule has 3 unspecified atom stereocenters. The number of hydrogen-bond donors (Lipinski definition) is 0. The minimum Gasteiger partial charge on any atom is -0.455 e. The summed E-state index contributed by atoms with van der Waals surface area (Å²) in [5, 5.41) is 0. The van der Waals surface area contributed by atoms with Crippen molar-refractivity contribution in [1.82, 2.24) is 4.90 Å². The van der Waals surface area contributed by atoms with E-state index in [9.17, 15) is 9.59 Å². The molecular weight excluding hydrogens is 301 g/mol. The zero-order chi connectivity index (χ0) is 15.1. The lowest BCUT2D eigenvalue weighted by Gasteiger charge is -2.38. The number of esters is 1. The average Bonchev–Trinajstić information content (AvgIpc) is 2.86. The molecule has 6 heteroatoms. The number of amides is 1. The van der Waals surface area contributed by atoms with Gasteiger partial charge < -0.3 is 9.64 Å². The van der Waals surface area contributed by atoms with Gasteiger partial charge in [-0.1, -0.05) is 0 Å². The Morgan fingerprint density at radius 3 is 2.20 bits per heavy atom. The Bertz CT molecular complexity index is 417. The van der Waals surface area contributed by atoms with Gasteiger partial charge in [0.25, 0.3) is 5.91 Å². The summed E-state index contributed by atoms with van der Waals surface area (Å²) in [5.41, 5.74) is -0.879. The predicted octanol–water partition coefficient (Wildman–Crippen LogP) is 2.90. The van der Waals surface area contributed by atoms with Gasteiger partial charge in [-0.15, -0.1) is 23.2 Å². The molecule has 0 N–H and O–H groups in total. The molecule has 0 aromatic carbocycles. The number of likely N-dealkylation sites (tertiary alicyclic amines) is 1. The van der Waals surface area contributed by atoms with E-state index in [-0.39, 0.29) is 24.6 Å². The largest absolute Gasteiger partial charge is 0.455 e. The van der Waals surface area contributed by atoms with Crippen LogP contribution in [0.4, 0.5) is 0 Å². The summed E-state index contributed by atoms with van der Waals surface area (Å²) >= 11 is 11.8. The Labute approximate surface area is 129 Å². The van der Waals surface area contributed by atoms with E-state index in [0.717, 1.165) is 19.3 Å². The molecule has 114 valence electrons. The van der Waals surface area contributed by atoms with Gasteiger partial charge in [0.2, 0.25) is 0 Å². The quantitative estimate of drug-likeness (QED) is 0.593. The van der Waals surface area contributed by atoms with Crippen LogP contribution in [-0.4, -0.2) is 39.8 Å². The molecule has 0 spiro atoms. The maximum absolute atomic E-state index is 12.2. The summed E-state index contributed by atoms with van der Waals surface area (Å²) in [6.45, 7) is 5.49. The Kier molecular flexibility index (Phi) is 4.27. The number of carbonyl (C=O) groups is 2. The summed E-state index contributed by atoms with van der Waals surface area (Å²) in [4.78, 5) is 26.0. The Morgan fingerprint density at radius 1 is 1.25 bits per heavy atom. The summed E-state index contributed by atoms with van der Waals surface area (Å²) in [5.74, 6) is -0.634. The van der Waals surface area contributed by atoms with Crippen molar-refractivity contribution in [2.75, 3.05) is 6.61 Å². The first-order valence-electron chi connectivity index (χ1n) is 7.05. The van der Waals surface area contributed by atoms with E-state index in [2.05, 4.69) is 0 Å². The van der Waals surface area contributed by atoms with Gasteiger partial charge >= 0.3 is 5.97 Å². The van der Waals surface area contributed by atoms with Crippen LogP contribution >= 0.6 is 23.2 Å². The number of rotatable bonds is 3. The molecule has 20 heavy (non-hydrogen) atoms. The number of halogens is 2. The molecule has 1 amide bonds. The third-order valence-corrected chi connectivity index (χ3v) is 5.62. The molecular formula is C14H21Cl2NO3. The van der Waals surface area contributed by atoms with Gasteiger partial charge in [-0.3, -0.25) is 9.59 Å². The zero-order valence-corrected chi connectivity index (χ0v) is 13.6. The lowest BCUT2D eigenvalue weighted by Crippen LogP contribution is -2.49. The first-order chi connectivity index (χ1) is 9.19. The lowest BCUT2D eigenvalue weighted by atomic mass is 9.97. The number of piperidine rings is 1. The number of carbonyl (C=O) groups excluding carboxylic acids is 2. The smallest absolute Gasteiger partial charge is 0.315 e. The normalized spacial score (nSPS) is 35.5. The molecule has 1 heterocycles. The van der Waals surface area contributed by atoms with E-state index in [4.69, 9.17) is 27.9 Å². The Balaban J connectivity index is 1.88. The van der Waals surface area contributed by atoms with Crippen LogP contribution in [0.1, 0.15) is 46.5 Å². The van der Waals surface area contributed by atoms with Crippen molar-refractivity contribution in [2.24, 2.45) is 5.41 Å². The molecule has 4 nitrogen and oxygen atoms in total. The highest BCUT2D eigenvalue weighted by Crippen LogP contribution is 2.64. The molecule has 0 bridgehead atoms. The Hall–Kier alpha value is -0.480. The fraction of sp³-hybridized carbons (Fsp3) is 0.857. The maximum atomic E-state index is 12.2. The molecule has 1 saturated heterocycles. The second-order valence-corrected chi connectivity index (χ2v) is 7.70. The van der Waals surface area contributed by atoms with E-state index < -0.39 is 15.7 Å². The standard InChI is InChI=1S/C14H21Cl2NO3/c1-9-5-4-6-10(2)17(9)11(18)7-20-12(19)13(3)8-14(13,15)16/h9-10H,4-8H2,1-3H3. The highest BCUT2D eigenvalue weighted by atomic mass is 35.5. The molecule has 0 aromatic rings. The SMILES string of the molecule is CC1CCCC(C)N1C(=O)COC(=O)C1(C)CC1(Cl)Cl. The molecule has 2 rings (SSSR count). The lowest BCUT2D eigenvalue weighted by molar-refractivity contribution is -0.158. The van der Waals surface area contributed by atoms with Crippen LogP contribution < -0.4 is 0 Å². The minimum atomic E-state index is -1.06. The third-order valence-electron chi connectivity index (χ3n) is 4.52. The summed E-state index contributed by atoms with van der Waals surface area (Å²) in [6, 6.07) is 0.392. The Morgan fingerprint density at radius 2 is 1.75 bits per heavy atom. The van der Waals surface area contributed by atoms with E-state index in [1.54, 1.807) is 6.92 Å². The molecule has 1 aliphatic carbocycles. The summed E-state index contributed by atoms with van der Waals surface area (Å²) in [6.07, 6.45) is 3.49. The first-order valence-corrected chi connectivity index (χ1v) is 7.81. The first kappa shape index (κ1) is 15.9.